The molecule has 0 bridgehead atoms. The number of hydrogen-bond acceptors (Lipinski definition) is 4. The highest BCUT2D eigenvalue weighted by molar-refractivity contribution is 7.92. The van der Waals surface area contributed by atoms with E-state index >= 15 is 0 Å². The predicted octanol–water partition coefficient (Wildman–Crippen LogP) is 5.79. The number of aryl methyl sites for hydroxylation is 3. The van der Waals surface area contributed by atoms with Gasteiger partial charge < -0.3 is 10.2 Å². The van der Waals surface area contributed by atoms with E-state index < -0.39 is 28.5 Å². The Morgan fingerprint density at radius 1 is 0.925 bits per heavy atom. The number of nitrogens with one attached hydrogen (secondary N) is 1. The van der Waals surface area contributed by atoms with Gasteiger partial charge in [0.1, 0.15) is 12.6 Å². The fourth-order valence-corrected chi connectivity index (χ4v) is 5.94. The molecule has 0 aliphatic rings. The molecule has 0 spiro atoms. The van der Waals surface area contributed by atoms with Gasteiger partial charge in [0.25, 0.3) is 10.0 Å². The van der Waals surface area contributed by atoms with Crippen LogP contribution in [0.3, 0.4) is 0 Å². The number of rotatable bonds is 12. The van der Waals surface area contributed by atoms with E-state index in [1.165, 1.54) is 17.0 Å². The van der Waals surface area contributed by atoms with Crippen LogP contribution in [0.1, 0.15) is 48.9 Å². The van der Waals surface area contributed by atoms with Crippen LogP contribution in [0.5, 0.6) is 0 Å². The maximum atomic E-state index is 14.1. The molecule has 0 unspecified atom stereocenters. The molecule has 3 aromatic rings. The minimum Gasteiger partial charge on any atom is -0.354 e. The number of hydrogen-bond donors (Lipinski definition) is 1. The zero-order chi connectivity index (χ0) is 29.4. The van der Waals surface area contributed by atoms with Crippen molar-refractivity contribution in [3.05, 3.63) is 94.0 Å². The first-order valence-electron chi connectivity index (χ1n) is 13.5. The third-order valence-corrected chi connectivity index (χ3v) is 9.06. The van der Waals surface area contributed by atoms with Crippen LogP contribution in [-0.4, -0.2) is 44.3 Å². The van der Waals surface area contributed by atoms with Crippen molar-refractivity contribution in [2.24, 2.45) is 0 Å². The second kappa shape index (κ2) is 13.8. The van der Waals surface area contributed by atoms with Gasteiger partial charge in [-0.05, 0) is 74.6 Å². The van der Waals surface area contributed by atoms with Crippen LogP contribution in [0.4, 0.5) is 5.69 Å². The molecule has 0 radical (unpaired) electrons. The maximum absolute atomic E-state index is 14.1. The molecule has 1 atom stereocenters. The Labute approximate surface area is 243 Å². The summed E-state index contributed by atoms with van der Waals surface area (Å²) in [7, 11) is -4.15. The van der Waals surface area contributed by atoms with Crippen molar-refractivity contribution in [3.8, 4) is 0 Å². The van der Waals surface area contributed by atoms with E-state index in [1.54, 1.807) is 30.3 Å². The van der Waals surface area contributed by atoms with E-state index in [0.717, 1.165) is 33.0 Å². The first-order chi connectivity index (χ1) is 19.0. The minimum absolute atomic E-state index is 0.0563. The smallest absolute Gasteiger partial charge is 0.264 e. The van der Waals surface area contributed by atoms with Gasteiger partial charge in [-0.2, -0.15) is 0 Å². The molecular weight excluding hydrogens is 546 g/mol. The van der Waals surface area contributed by atoms with Crippen molar-refractivity contribution in [1.29, 1.82) is 0 Å². The van der Waals surface area contributed by atoms with Crippen LogP contribution < -0.4 is 9.62 Å². The van der Waals surface area contributed by atoms with E-state index in [-0.39, 0.29) is 23.0 Å². The van der Waals surface area contributed by atoms with Gasteiger partial charge in [-0.3, -0.25) is 13.9 Å². The quantitative estimate of drug-likeness (QED) is 0.292. The molecule has 214 valence electrons. The maximum Gasteiger partial charge on any atom is 0.264 e. The molecule has 0 saturated carbocycles. The van der Waals surface area contributed by atoms with Crippen molar-refractivity contribution in [1.82, 2.24) is 10.2 Å². The predicted molar refractivity (Wildman–Crippen MR) is 161 cm³/mol. The fraction of sp³-hybridized carbons (Fsp3) is 0.355. The topological polar surface area (TPSA) is 86.8 Å². The molecule has 3 aromatic carbocycles. The van der Waals surface area contributed by atoms with E-state index in [2.05, 4.69) is 5.32 Å². The summed E-state index contributed by atoms with van der Waals surface area (Å²) < 4.78 is 29.0. The summed E-state index contributed by atoms with van der Waals surface area (Å²) in [4.78, 5) is 28.8. The number of nitrogens with zero attached hydrogens (tertiary/aromatic N) is 2. The van der Waals surface area contributed by atoms with Crippen molar-refractivity contribution >= 4 is 39.1 Å². The molecule has 3 rings (SSSR count). The average molecular weight is 584 g/mol. The Morgan fingerprint density at radius 2 is 1.60 bits per heavy atom. The molecule has 2 amide bonds. The average Bonchev–Trinajstić information content (AvgIpc) is 2.93. The minimum atomic E-state index is -4.15. The SMILES string of the molecule is CCCNC(=O)[C@H](CC)N(Cc1ccccc1C)C(=O)CN(c1ccc(C)c(Cl)c1)S(=O)(=O)c1ccc(C)cc1. The summed E-state index contributed by atoms with van der Waals surface area (Å²) in [6.45, 7) is 9.58. The summed E-state index contributed by atoms with van der Waals surface area (Å²) >= 11 is 6.39. The van der Waals surface area contributed by atoms with E-state index in [0.29, 0.717) is 18.0 Å². The molecule has 40 heavy (non-hydrogen) atoms. The van der Waals surface area contributed by atoms with Crippen LogP contribution >= 0.6 is 11.6 Å². The molecule has 1 N–H and O–H groups in total. The Morgan fingerprint density at radius 3 is 2.20 bits per heavy atom. The second-order valence-corrected chi connectivity index (χ2v) is 12.2. The molecular formula is C31H38ClN3O4S. The van der Waals surface area contributed by atoms with E-state index in [4.69, 9.17) is 11.6 Å². The Hall–Kier alpha value is -3.36. The van der Waals surface area contributed by atoms with Crippen molar-refractivity contribution < 1.29 is 18.0 Å². The lowest BCUT2D eigenvalue weighted by atomic mass is 10.1. The molecule has 0 aliphatic carbocycles. The van der Waals surface area contributed by atoms with Gasteiger partial charge in [0.05, 0.1) is 10.6 Å². The highest BCUT2D eigenvalue weighted by Gasteiger charge is 2.34. The largest absolute Gasteiger partial charge is 0.354 e. The lowest BCUT2D eigenvalue weighted by Gasteiger charge is -2.33. The monoisotopic (exact) mass is 583 g/mol. The van der Waals surface area contributed by atoms with E-state index in [9.17, 15) is 18.0 Å². The number of amides is 2. The summed E-state index contributed by atoms with van der Waals surface area (Å²) in [5.41, 5.74) is 3.81. The first-order valence-corrected chi connectivity index (χ1v) is 15.3. The number of carbonyl (C=O) groups excluding carboxylic acids is 2. The van der Waals surface area contributed by atoms with Crippen molar-refractivity contribution in [2.45, 2.75) is 64.9 Å². The van der Waals surface area contributed by atoms with Gasteiger partial charge in [-0.25, -0.2) is 8.42 Å². The zero-order valence-electron chi connectivity index (χ0n) is 23.8. The van der Waals surface area contributed by atoms with Gasteiger partial charge >= 0.3 is 0 Å². The zero-order valence-corrected chi connectivity index (χ0v) is 25.3. The lowest BCUT2D eigenvalue weighted by Crippen LogP contribution is -2.52. The van der Waals surface area contributed by atoms with Gasteiger partial charge in [0.15, 0.2) is 0 Å². The van der Waals surface area contributed by atoms with Gasteiger partial charge in [0.2, 0.25) is 11.8 Å². The molecule has 0 aliphatic heterocycles. The number of anilines is 1. The summed E-state index contributed by atoms with van der Waals surface area (Å²) in [5, 5.41) is 3.28. The second-order valence-electron chi connectivity index (χ2n) is 9.92. The van der Waals surface area contributed by atoms with Crippen LogP contribution in [0, 0.1) is 20.8 Å². The Kier molecular flexibility index (Phi) is 10.8. The lowest BCUT2D eigenvalue weighted by molar-refractivity contribution is -0.140. The third kappa shape index (κ3) is 7.43. The summed E-state index contributed by atoms with van der Waals surface area (Å²) in [6, 6.07) is 18.2. The number of benzene rings is 3. The standard InChI is InChI=1S/C31H38ClN3O4S/c1-6-18-33-31(37)29(7-2)34(20-25-11-9-8-10-23(25)4)30(36)21-35(26-15-14-24(5)28(32)19-26)40(38,39)27-16-12-22(3)13-17-27/h8-17,19,29H,6-7,18,20-21H2,1-5H3,(H,33,37)/t29-/m0/s1. The van der Waals surface area contributed by atoms with Crippen LogP contribution in [0.15, 0.2) is 71.6 Å². The van der Waals surface area contributed by atoms with Gasteiger partial charge in [0, 0.05) is 18.1 Å². The molecule has 7 nitrogen and oxygen atoms in total. The van der Waals surface area contributed by atoms with Crippen molar-refractivity contribution in [2.75, 3.05) is 17.4 Å². The molecule has 0 fully saturated rings. The normalized spacial score (nSPS) is 12.1. The van der Waals surface area contributed by atoms with Crippen LogP contribution in [0.25, 0.3) is 0 Å². The summed E-state index contributed by atoms with van der Waals surface area (Å²) in [5.74, 6) is -0.758. The fourth-order valence-electron chi connectivity index (χ4n) is 4.36. The first kappa shape index (κ1) is 31.2. The van der Waals surface area contributed by atoms with Gasteiger partial charge in [-0.15, -0.1) is 0 Å². The Balaban J connectivity index is 2.09. The highest BCUT2D eigenvalue weighted by Crippen LogP contribution is 2.29. The molecule has 9 heteroatoms. The Bertz CT molecular complexity index is 1440. The van der Waals surface area contributed by atoms with E-state index in [1.807, 2.05) is 58.9 Å². The molecule has 0 aromatic heterocycles. The van der Waals surface area contributed by atoms with Gasteiger partial charge in [-0.1, -0.05) is 73.5 Å². The highest BCUT2D eigenvalue weighted by atomic mass is 35.5. The number of sulfonamides is 1. The number of halogens is 1. The van der Waals surface area contributed by atoms with Crippen LogP contribution in [0.2, 0.25) is 5.02 Å². The third-order valence-electron chi connectivity index (χ3n) is 6.87. The molecule has 0 heterocycles. The van der Waals surface area contributed by atoms with Crippen molar-refractivity contribution in [3.63, 3.8) is 0 Å². The van der Waals surface area contributed by atoms with Crippen LogP contribution in [-0.2, 0) is 26.2 Å². The number of carbonyl (C=O) groups is 2. The summed E-state index contributed by atoms with van der Waals surface area (Å²) in [6.07, 6.45) is 1.12. The molecule has 0 saturated heterocycles.